The van der Waals surface area contributed by atoms with Crippen molar-refractivity contribution in [1.82, 2.24) is 20.5 Å². The Kier molecular flexibility index (Phi) is 8.96. The molecule has 0 spiro atoms. The number of H-pyrrole nitrogens is 1. The van der Waals surface area contributed by atoms with Crippen molar-refractivity contribution in [2.75, 3.05) is 26.7 Å². The number of para-hydroxylation sites is 1. The average Bonchev–Trinajstić information content (AvgIpc) is 3.23. The Morgan fingerprint density at radius 1 is 1.06 bits per heavy atom. The van der Waals surface area contributed by atoms with Gasteiger partial charge in [0.25, 0.3) is 0 Å². The van der Waals surface area contributed by atoms with Crippen LogP contribution in [0.25, 0.3) is 10.9 Å². The summed E-state index contributed by atoms with van der Waals surface area (Å²) in [4.78, 5) is 22.2. The van der Waals surface area contributed by atoms with Gasteiger partial charge in [-0.15, -0.1) is 24.0 Å². The minimum atomic E-state index is 0. The number of nitrogens with zero attached hydrogens (tertiary/aromatic N) is 2. The maximum atomic E-state index is 12.6. The van der Waals surface area contributed by atoms with E-state index in [9.17, 15) is 4.79 Å². The lowest BCUT2D eigenvalue weighted by molar-refractivity contribution is -0.132. The molecule has 0 radical (unpaired) electrons. The normalized spacial score (nSPS) is 13.4. The number of rotatable bonds is 7. The van der Waals surface area contributed by atoms with Crippen molar-refractivity contribution in [2.45, 2.75) is 32.2 Å². The minimum absolute atomic E-state index is 0. The third-order valence-electron chi connectivity index (χ3n) is 5.93. The van der Waals surface area contributed by atoms with Gasteiger partial charge in [-0.1, -0.05) is 42.5 Å². The third kappa shape index (κ3) is 6.03. The number of hydrogen-bond acceptors (Lipinski definition) is 2. The molecule has 1 amide bonds. The van der Waals surface area contributed by atoms with Crippen LogP contribution in [0.3, 0.4) is 0 Å². The van der Waals surface area contributed by atoms with Crippen LogP contribution in [-0.2, 0) is 24.2 Å². The van der Waals surface area contributed by atoms with Gasteiger partial charge in [-0.25, -0.2) is 0 Å². The molecular formula is C25H32IN5O. The zero-order valence-corrected chi connectivity index (χ0v) is 20.9. The number of benzene rings is 2. The van der Waals surface area contributed by atoms with E-state index in [1.807, 2.05) is 17.0 Å². The lowest BCUT2D eigenvalue weighted by Crippen LogP contribution is -2.39. The smallest absolute Gasteiger partial charge is 0.222 e. The van der Waals surface area contributed by atoms with Crippen molar-refractivity contribution in [1.29, 1.82) is 0 Å². The molecule has 3 aromatic rings. The predicted molar refractivity (Wildman–Crippen MR) is 142 cm³/mol. The van der Waals surface area contributed by atoms with Crippen molar-refractivity contribution >= 4 is 46.7 Å². The molecule has 4 rings (SSSR count). The Morgan fingerprint density at radius 2 is 1.81 bits per heavy atom. The molecule has 0 saturated heterocycles. The second-order valence-corrected chi connectivity index (χ2v) is 7.97. The number of carbonyl (C=O) groups is 1. The fourth-order valence-electron chi connectivity index (χ4n) is 4.19. The first kappa shape index (κ1) is 24.1. The molecule has 2 heterocycles. The number of halogens is 1. The van der Waals surface area contributed by atoms with Gasteiger partial charge in [0, 0.05) is 56.7 Å². The van der Waals surface area contributed by atoms with Crippen molar-refractivity contribution in [3.63, 3.8) is 0 Å². The summed E-state index contributed by atoms with van der Waals surface area (Å²) in [5.74, 6) is 1.01. The molecule has 0 fully saturated rings. The fourth-order valence-corrected chi connectivity index (χ4v) is 4.19. The Balaban J connectivity index is 0.00000289. The van der Waals surface area contributed by atoms with E-state index >= 15 is 0 Å². The summed E-state index contributed by atoms with van der Waals surface area (Å²) in [7, 11) is 1.78. The number of nitrogens with one attached hydrogen (secondary N) is 3. The van der Waals surface area contributed by atoms with Gasteiger partial charge in [0.1, 0.15) is 0 Å². The van der Waals surface area contributed by atoms with Gasteiger partial charge in [0.15, 0.2) is 5.96 Å². The Labute approximate surface area is 206 Å². The van der Waals surface area contributed by atoms with Gasteiger partial charge in [-0.05, 0) is 42.0 Å². The predicted octanol–water partition coefficient (Wildman–Crippen LogP) is 3.86. The summed E-state index contributed by atoms with van der Waals surface area (Å²) in [6.45, 7) is 3.08. The molecule has 0 aliphatic carbocycles. The van der Waals surface area contributed by atoms with Crippen LogP contribution in [0.2, 0.25) is 0 Å². The maximum Gasteiger partial charge on any atom is 0.222 e. The van der Waals surface area contributed by atoms with E-state index in [-0.39, 0.29) is 29.9 Å². The number of fused-ring (bicyclic) bond motifs is 2. The first-order valence-corrected chi connectivity index (χ1v) is 11.1. The van der Waals surface area contributed by atoms with Crippen LogP contribution < -0.4 is 10.6 Å². The minimum Gasteiger partial charge on any atom is -0.361 e. The molecule has 1 aliphatic rings. The van der Waals surface area contributed by atoms with Crippen LogP contribution in [-0.4, -0.2) is 48.4 Å². The number of guanidine groups is 1. The SMILES string of the molecule is CN=C(NCCCC(=O)N1CCc2ccccc2C1)NCCc1c[nH]c2ccccc12.I. The van der Waals surface area contributed by atoms with Gasteiger partial charge >= 0.3 is 0 Å². The first-order valence-electron chi connectivity index (χ1n) is 11.1. The molecule has 0 bridgehead atoms. The molecule has 6 nitrogen and oxygen atoms in total. The van der Waals surface area contributed by atoms with Gasteiger partial charge in [-0.2, -0.15) is 0 Å². The Morgan fingerprint density at radius 3 is 2.66 bits per heavy atom. The number of carbonyl (C=O) groups excluding carboxylic acids is 1. The third-order valence-corrected chi connectivity index (χ3v) is 5.93. The highest BCUT2D eigenvalue weighted by Gasteiger charge is 2.19. The first-order chi connectivity index (χ1) is 15.2. The molecule has 0 unspecified atom stereocenters. The molecule has 170 valence electrons. The second-order valence-electron chi connectivity index (χ2n) is 7.97. The highest BCUT2D eigenvalue weighted by molar-refractivity contribution is 14.0. The Bertz CT molecular complexity index is 1060. The lowest BCUT2D eigenvalue weighted by Gasteiger charge is -2.29. The highest BCUT2D eigenvalue weighted by Crippen LogP contribution is 2.19. The van der Waals surface area contributed by atoms with Crippen LogP contribution in [0, 0.1) is 0 Å². The van der Waals surface area contributed by atoms with E-state index in [1.54, 1.807) is 7.05 Å². The number of aromatic nitrogens is 1. The highest BCUT2D eigenvalue weighted by atomic mass is 127. The quantitative estimate of drug-likeness (QED) is 0.183. The molecule has 32 heavy (non-hydrogen) atoms. The molecule has 0 atom stereocenters. The van der Waals surface area contributed by atoms with E-state index in [2.05, 4.69) is 63.2 Å². The van der Waals surface area contributed by atoms with Crippen LogP contribution >= 0.6 is 24.0 Å². The molecule has 1 aromatic heterocycles. The largest absolute Gasteiger partial charge is 0.361 e. The fraction of sp³-hybridized carbons (Fsp3) is 0.360. The summed E-state index contributed by atoms with van der Waals surface area (Å²) in [6, 6.07) is 16.8. The summed E-state index contributed by atoms with van der Waals surface area (Å²) in [5, 5.41) is 7.96. The topological polar surface area (TPSA) is 72.5 Å². The molecule has 0 saturated carbocycles. The van der Waals surface area contributed by atoms with Crippen molar-refractivity contribution in [2.24, 2.45) is 4.99 Å². The van der Waals surface area contributed by atoms with E-state index < -0.39 is 0 Å². The van der Waals surface area contributed by atoms with Gasteiger partial charge in [-0.3, -0.25) is 9.79 Å². The number of aromatic amines is 1. The second kappa shape index (κ2) is 11.9. The zero-order valence-electron chi connectivity index (χ0n) is 18.6. The van der Waals surface area contributed by atoms with Crippen LogP contribution in [0.15, 0.2) is 59.7 Å². The van der Waals surface area contributed by atoms with Crippen LogP contribution in [0.1, 0.15) is 29.5 Å². The van der Waals surface area contributed by atoms with Crippen LogP contribution in [0.5, 0.6) is 0 Å². The molecule has 2 aromatic carbocycles. The molecule has 1 aliphatic heterocycles. The van der Waals surface area contributed by atoms with E-state index in [0.29, 0.717) is 6.42 Å². The van der Waals surface area contributed by atoms with Crippen LogP contribution in [0.4, 0.5) is 0 Å². The maximum absolute atomic E-state index is 12.6. The summed E-state index contributed by atoms with van der Waals surface area (Å²) in [6.07, 6.45) is 5.29. The van der Waals surface area contributed by atoms with Crippen molar-refractivity contribution in [3.05, 3.63) is 71.4 Å². The van der Waals surface area contributed by atoms with Gasteiger partial charge < -0.3 is 20.5 Å². The summed E-state index contributed by atoms with van der Waals surface area (Å²) >= 11 is 0. The van der Waals surface area contributed by atoms with E-state index in [4.69, 9.17) is 0 Å². The average molecular weight is 545 g/mol. The van der Waals surface area contributed by atoms with Gasteiger partial charge in [0.05, 0.1) is 0 Å². The molecule has 3 N–H and O–H groups in total. The number of amides is 1. The van der Waals surface area contributed by atoms with Gasteiger partial charge in [0.2, 0.25) is 5.91 Å². The zero-order chi connectivity index (χ0) is 21.5. The number of aliphatic imine (C=N–C) groups is 1. The summed E-state index contributed by atoms with van der Waals surface area (Å²) in [5.41, 5.74) is 5.12. The number of hydrogen-bond donors (Lipinski definition) is 3. The molecular weight excluding hydrogens is 513 g/mol. The van der Waals surface area contributed by atoms with E-state index in [1.165, 1.54) is 27.6 Å². The molecule has 7 heteroatoms. The van der Waals surface area contributed by atoms with E-state index in [0.717, 1.165) is 51.4 Å². The Hall–Kier alpha value is -2.55. The van der Waals surface area contributed by atoms with Crippen molar-refractivity contribution in [3.8, 4) is 0 Å². The lowest BCUT2D eigenvalue weighted by atomic mass is 9.99. The van der Waals surface area contributed by atoms with Crippen molar-refractivity contribution < 1.29 is 4.79 Å². The standard InChI is InChI=1S/C25H31N5O.HI/c1-26-25(28-15-12-20-17-29-23-10-5-4-9-22(20)23)27-14-6-11-24(31)30-16-13-19-7-2-3-8-21(19)18-30;/h2-5,7-10,17,29H,6,11-16,18H2,1H3,(H2,26,27,28);1H. The monoisotopic (exact) mass is 545 g/mol. The summed E-state index contributed by atoms with van der Waals surface area (Å²) < 4.78 is 0.